The molecule has 0 fully saturated rings. The molecule has 1 unspecified atom stereocenters. The maximum absolute atomic E-state index is 14.1. The van der Waals surface area contributed by atoms with E-state index in [0.29, 0.717) is 6.08 Å². The summed E-state index contributed by atoms with van der Waals surface area (Å²) in [6.45, 7) is 2.46. The first-order valence-corrected chi connectivity index (χ1v) is 13.4. The second-order valence-corrected chi connectivity index (χ2v) is 11.7. The molecule has 0 bridgehead atoms. The summed E-state index contributed by atoms with van der Waals surface area (Å²) in [6.07, 6.45) is -8.73. The molecule has 14 heteroatoms. The molecule has 2 atom stereocenters. The van der Waals surface area contributed by atoms with E-state index in [0.717, 1.165) is 30.3 Å². The van der Waals surface area contributed by atoms with E-state index in [9.17, 15) is 39.6 Å². The Morgan fingerprint density at radius 2 is 1.59 bits per heavy atom. The molecule has 0 saturated carbocycles. The lowest BCUT2D eigenvalue weighted by Crippen LogP contribution is -2.24. The first-order valence-electron chi connectivity index (χ1n) is 10.4. The number of hydrogen-bond donors (Lipinski definition) is 1. The van der Waals surface area contributed by atoms with Crippen LogP contribution in [0.3, 0.4) is 0 Å². The van der Waals surface area contributed by atoms with Gasteiger partial charge in [-0.3, -0.25) is 4.79 Å². The van der Waals surface area contributed by atoms with Gasteiger partial charge in [0.25, 0.3) is 0 Å². The predicted octanol–water partition coefficient (Wildman–Crippen LogP) is 7.66. The number of amides is 1. The third kappa shape index (κ3) is 7.55. The fraction of sp³-hybridized carbons (Fsp3) is 0.348. The molecule has 0 radical (unpaired) electrons. The quantitative estimate of drug-likeness (QED) is 0.246. The fourth-order valence-corrected chi connectivity index (χ4v) is 5.55. The fourth-order valence-electron chi connectivity index (χ4n) is 3.77. The minimum atomic E-state index is -5.17. The molecule has 1 amide bonds. The van der Waals surface area contributed by atoms with Crippen molar-refractivity contribution in [3.05, 3.63) is 73.2 Å². The Labute approximate surface area is 224 Å². The number of sulfone groups is 1. The zero-order chi connectivity index (χ0) is 28.5. The molecule has 2 aromatic rings. The van der Waals surface area contributed by atoms with Crippen LogP contribution in [0.4, 0.5) is 26.3 Å². The number of primary amides is 1. The minimum absolute atomic E-state index is 0.179. The molecule has 0 saturated heterocycles. The van der Waals surface area contributed by atoms with Gasteiger partial charge in [0.05, 0.1) is 37.9 Å². The van der Waals surface area contributed by atoms with Gasteiger partial charge in [-0.1, -0.05) is 66.9 Å². The molecule has 2 aromatic carbocycles. The summed E-state index contributed by atoms with van der Waals surface area (Å²) in [6, 6.07) is 3.55. The molecule has 0 aliphatic carbocycles. The number of alkyl halides is 6. The summed E-state index contributed by atoms with van der Waals surface area (Å²) < 4.78 is 108. The smallest absolute Gasteiger partial charge is 0.366 e. The van der Waals surface area contributed by atoms with Crippen molar-refractivity contribution in [1.82, 2.24) is 0 Å². The lowest BCUT2D eigenvalue weighted by atomic mass is 9.87. The SMILES string of the molecule is CCS(=O)(=O)C[C@H](C)c1c(/C=C/C(c2cc(Cl)c(Cl)c(Cl)c2)C(F)(F)F)ccc(C(N)=O)c1C(F)(F)F. The molecule has 0 aliphatic heterocycles. The van der Waals surface area contributed by atoms with Crippen LogP contribution in [0.1, 0.15) is 58.3 Å². The number of nitrogens with two attached hydrogens (primary N) is 1. The van der Waals surface area contributed by atoms with Crippen LogP contribution in [0.15, 0.2) is 30.3 Å². The van der Waals surface area contributed by atoms with Gasteiger partial charge in [-0.15, -0.1) is 0 Å². The Bertz CT molecular complexity index is 1300. The van der Waals surface area contributed by atoms with E-state index in [1.807, 2.05) is 0 Å². The molecule has 204 valence electrons. The Kier molecular flexibility index (Phi) is 9.66. The van der Waals surface area contributed by atoms with E-state index in [1.54, 1.807) is 0 Å². The summed E-state index contributed by atoms with van der Waals surface area (Å²) >= 11 is 17.5. The van der Waals surface area contributed by atoms with Crippen molar-refractivity contribution in [3.8, 4) is 0 Å². The molecule has 2 rings (SSSR count). The van der Waals surface area contributed by atoms with Crippen molar-refractivity contribution in [1.29, 1.82) is 0 Å². The monoisotopic (exact) mass is 609 g/mol. The van der Waals surface area contributed by atoms with E-state index in [2.05, 4.69) is 0 Å². The molecule has 2 N–H and O–H groups in total. The number of carbonyl (C=O) groups is 1. The first kappa shape index (κ1) is 31.3. The Morgan fingerprint density at radius 3 is 2.03 bits per heavy atom. The molecule has 0 heterocycles. The summed E-state index contributed by atoms with van der Waals surface area (Å²) in [5.74, 6) is -6.29. The summed E-state index contributed by atoms with van der Waals surface area (Å²) in [4.78, 5) is 11.8. The van der Waals surface area contributed by atoms with Crippen LogP contribution in [0, 0.1) is 0 Å². The highest BCUT2D eigenvalue weighted by atomic mass is 35.5. The van der Waals surface area contributed by atoms with Crippen molar-refractivity contribution >= 4 is 56.6 Å². The summed E-state index contributed by atoms with van der Waals surface area (Å²) in [5, 5.41) is -0.714. The van der Waals surface area contributed by atoms with Gasteiger partial charge in [0, 0.05) is 5.75 Å². The highest BCUT2D eigenvalue weighted by Crippen LogP contribution is 2.43. The van der Waals surface area contributed by atoms with Crippen molar-refractivity contribution in [3.63, 3.8) is 0 Å². The molecular formula is C23H20Cl3F6NO3S. The Hall–Kier alpha value is -1.95. The van der Waals surface area contributed by atoms with Crippen LogP contribution in [0.25, 0.3) is 6.08 Å². The van der Waals surface area contributed by atoms with Crippen molar-refractivity contribution in [2.45, 2.75) is 38.0 Å². The topological polar surface area (TPSA) is 77.2 Å². The molecule has 0 aromatic heterocycles. The number of hydrogen-bond acceptors (Lipinski definition) is 3. The lowest BCUT2D eigenvalue weighted by molar-refractivity contribution is -0.140. The Morgan fingerprint density at radius 1 is 1.05 bits per heavy atom. The van der Waals surface area contributed by atoms with Gasteiger partial charge in [0.1, 0.15) is 0 Å². The highest BCUT2D eigenvalue weighted by molar-refractivity contribution is 7.91. The van der Waals surface area contributed by atoms with Gasteiger partial charge in [-0.05, 0) is 40.8 Å². The van der Waals surface area contributed by atoms with Crippen LogP contribution < -0.4 is 5.73 Å². The molecule has 0 spiro atoms. The second-order valence-electron chi connectivity index (χ2n) is 8.13. The van der Waals surface area contributed by atoms with Gasteiger partial charge in [-0.25, -0.2) is 8.42 Å². The second kappa shape index (κ2) is 11.4. The normalized spacial score (nSPS) is 14.7. The molecular weight excluding hydrogens is 591 g/mol. The third-order valence-corrected chi connectivity index (χ3v) is 8.54. The van der Waals surface area contributed by atoms with Crippen molar-refractivity contribution < 1.29 is 39.6 Å². The van der Waals surface area contributed by atoms with Crippen LogP contribution >= 0.6 is 34.8 Å². The Balaban J connectivity index is 2.83. The molecule has 0 aliphatic rings. The van der Waals surface area contributed by atoms with E-state index < -0.39 is 67.9 Å². The highest BCUT2D eigenvalue weighted by Gasteiger charge is 2.41. The first-order chi connectivity index (χ1) is 16.8. The van der Waals surface area contributed by atoms with E-state index >= 15 is 0 Å². The zero-order valence-corrected chi connectivity index (χ0v) is 22.2. The zero-order valence-electron chi connectivity index (χ0n) is 19.1. The van der Waals surface area contributed by atoms with Gasteiger partial charge in [0.2, 0.25) is 5.91 Å². The maximum Gasteiger partial charge on any atom is 0.417 e. The number of halogens is 9. The summed E-state index contributed by atoms with van der Waals surface area (Å²) in [7, 11) is -3.82. The van der Waals surface area contributed by atoms with Gasteiger partial charge >= 0.3 is 12.4 Å². The van der Waals surface area contributed by atoms with Crippen LogP contribution in [-0.4, -0.2) is 32.0 Å². The number of rotatable bonds is 8. The van der Waals surface area contributed by atoms with E-state index in [-0.39, 0.29) is 26.4 Å². The number of benzene rings is 2. The average Bonchev–Trinajstić information content (AvgIpc) is 2.74. The standard InChI is InChI=1S/C23H20Cl3F6NO3S/c1-3-37(35,36)10-11(2)18-12(4-6-14(21(33)34)19(18)23(30,31)32)5-7-15(22(27,28)29)13-8-16(24)20(26)17(25)9-13/h4-9,11,15H,3,10H2,1-2H3,(H2,33,34)/b7-5+/t11-,15?/m0/s1. The van der Waals surface area contributed by atoms with Crippen molar-refractivity contribution in [2.24, 2.45) is 5.73 Å². The van der Waals surface area contributed by atoms with Gasteiger partial charge in [-0.2, -0.15) is 26.3 Å². The summed E-state index contributed by atoms with van der Waals surface area (Å²) in [5.41, 5.74) is 1.18. The molecule has 4 nitrogen and oxygen atoms in total. The van der Waals surface area contributed by atoms with Crippen LogP contribution in [0.5, 0.6) is 0 Å². The van der Waals surface area contributed by atoms with E-state index in [4.69, 9.17) is 40.5 Å². The average molecular weight is 611 g/mol. The van der Waals surface area contributed by atoms with E-state index in [1.165, 1.54) is 13.8 Å². The number of carbonyl (C=O) groups excluding carboxylic acids is 1. The van der Waals surface area contributed by atoms with Crippen molar-refractivity contribution in [2.75, 3.05) is 11.5 Å². The largest absolute Gasteiger partial charge is 0.417 e. The molecule has 37 heavy (non-hydrogen) atoms. The van der Waals surface area contributed by atoms with Crippen LogP contribution in [-0.2, 0) is 16.0 Å². The minimum Gasteiger partial charge on any atom is -0.366 e. The van der Waals surface area contributed by atoms with Gasteiger partial charge in [0.15, 0.2) is 9.84 Å². The lowest BCUT2D eigenvalue weighted by Gasteiger charge is -2.23. The predicted molar refractivity (Wildman–Crippen MR) is 132 cm³/mol. The number of allylic oxidation sites excluding steroid dienone is 1. The van der Waals surface area contributed by atoms with Crippen LogP contribution in [0.2, 0.25) is 15.1 Å². The third-order valence-electron chi connectivity index (χ3n) is 5.45. The van der Waals surface area contributed by atoms with Gasteiger partial charge < -0.3 is 5.73 Å². The maximum atomic E-state index is 14.1.